The zero-order valence-electron chi connectivity index (χ0n) is 12.3. The third-order valence-electron chi connectivity index (χ3n) is 3.60. The van der Waals surface area contributed by atoms with Crippen molar-refractivity contribution in [2.24, 2.45) is 0 Å². The Kier molecular flexibility index (Phi) is 4.66. The first-order valence-corrected chi connectivity index (χ1v) is 7.77. The number of rotatable bonds is 3. The van der Waals surface area contributed by atoms with Crippen LogP contribution in [0.25, 0.3) is 0 Å². The van der Waals surface area contributed by atoms with Gasteiger partial charge in [-0.25, -0.2) is 0 Å². The summed E-state index contributed by atoms with van der Waals surface area (Å²) < 4.78 is 5.58. The van der Waals surface area contributed by atoms with Crippen LogP contribution in [0.3, 0.4) is 0 Å². The predicted octanol–water partition coefficient (Wildman–Crippen LogP) is 2.63. The van der Waals surface area contributed by atoms with Crippen molar-refractivity contribution in [1.82, 2.24) is 4.90 Å². The van der Waals surface area contributed by atoms with E-state index in [1.807, 2.05) is 11.3 Å². The highest BCUT2D eigenvalue weighted by Gasteiger charge is 2.26. The van der Waals surface area contributed by atoms with Crippen LogP contribution in [0.15, 0.2) is 12.1 Å². The van der Waals surface area contributed by atoms with Gasteiger partial charge in [0.05, 0.1) is 19.3 Å². The molecule has 1 aromatic rings. The van der Waals surface area contributed by atoms with Crippen molar-refractivity contribution in [3.63, 3.8) is 0 Å². The monoisotopic (exact) mass is 283 g/mol. The van der Waals surface area contributed by atoms with Crippen molar-refractivity contribution >= 4 is 11.3 Å². The molecule has 0 aliphatic carbocycles. The SMILES string of the molecule is CC1COC(CO)CN1Cc1ccc(C(C)(C)C)s1. The molecule has 1 fully saturated rings. The molecule has 1 aromatic heterocycles. The van der Waals surface area contributed by atoms with Gasteiger partial charge in [-0.15, -0.1) is 11.3 Å². The molecule has 0 saturated carbocycles. The highest BCUT2D eigenvalue weighted by atomic mass is 32.1. The quantitative estimate of drug-likeness (QED) is 0.925. The predicted molar refractivity (Wildman–Crippen MR) is 79.7 cm³/mol. The second-order valence-electron chi connectivity index (χ2n) is 6.43. The van der Waals surface area contributed by atoms with Gasteiger partial charge in [-0.2, -0.15) is 0 Å². The summed E-state index contributed by atoms with van der Waals surface area (Å²) in [5, 5.41) is 9.22. The smallest absolute Gasteiger partial charge is 0.0933 e. The van der Waals surface area contributed by atoms with Crippen LogP contribution in [0.5, 0.6) is 0 Å². The highest BCUT2D eigenvalue weighted by molar-refractivity contribution is 7.12. The van der Waals surface area contributed by atoms with E-state index in [1.54, 1.807) is 0 Å². The fraction of sp³-hybridized carbons (Fsp3) is 0.733. The number of aliphatic hydroxyl groups is 1. The minimum Gasteiger partial charge on any atom is -0.394 e. The summed E-state index contributed by atoms with van der Waals surface area (Å²) in [6.07, 6.45) is -0.0294. The maximum atomic E-state index is 9.22. The van der Waals surface area contributed by atoms with E-state index in [0.29, 0.717) is 12.6 Å². The zero-order chi connectivity index (χ0) is 14.0. The van der Waals surface area contributed by atoms with Crippen molar-refractivity contribution in [3.8, 4) is 0 Å². The van der Waals surface area contributed by atoms with Gasteiger partial charge in [-0.3, -0.25) is 4.90 Å². The van der Waals surface area contributed by atoms with Gasteiger partial charge < -0.3 is 9.84 Å². The molecular formula is C15H25NO2S. The van der Waals surface area contributed by atoms with E-state index in [-0.39, 0.29) is 18.1 Å². The molecule has 0 aromatic carbocycles. The average molecular weight is 283 g/mol. The molecule has 19 heavy (non-hydrogen) atoms. The van der Waals surface area contributed by atoms with E-state index in [9.17, 15) is 5.11 Å². The van der Waals surface area contributed by atoms with Crippen molar-refractivity contribution in [2.75, 3.05) is 19.8 Å². The van der Waals surface area contributed by atoms with Crippen molar-refractivity contribution < 1.29 is 9.84 Å². The lowest BCUT2D eigenvalue weighted by Gasteiger charge is -2.37. The largest absolute Gasteiger partial charge is 0.394 e. The Balaban J connectivity index is 2.01. The van der Waals surface area contributed by atoms with Crippen LogP contribution < -0.4 is 0 Å². The normalized spacial score (nSPS) is 25.7. The highest BCUT2D eigenvalue weighted by Crippen LogP contribution is 2.30. The molecule has 0 radical (unpaired) electrons. The molecule has 2 atom stereocenters. The van der Waals surface area contributed by atoms with Gasteiger partial charge in [0.1, 0.15) is 0 Å². The Labute approximate surface area is 120 Å². The third kappa shape index (κ3) is 3.78. The van der Waals surface area contributed by atoms with Gasteiger partial charge in [0.15, 0.2) is 0 Å². The number of ether oxygens (including phenoxy) is 1. The van der Waals surface area contributed by atoms with Crippen LogP contribution in [0, 0.1) is 0 Å². The lowest BCUT2D eigenvalue weighted by Crippen LogP contribution is -2.48. The number of morpholine rings is 1. The van der Waals surface area contributed by atoms with E-state index < -0.39 is 0 Å². The van der Waals surface area contributed by atoms with Crippen molar-refractivity contribution in [2.45, 2.75) is 51.8 Å². The summed E-state index contributed by atoms with van der Waals surface area (Å²) in [5.41, 5.74) is 0.229. The van der Waals surface area contributed by atoms with E-state index in [1.165, 1.54) is 9.75 Å². The lowest BCUT2D eigenvalue weighted by molar-refractivity contribution is -0.0802. The molecular weight excluding hydrogens is 258 g/mol. The van der Waals surface area contributed by atoms with E-state index >= 15 is 0 Å². The van der Waals surface area contributed by atoms with Crippen molar-refractivity contribution in [3.05, 3.63) is 21.9 Å². The fourth-order valence-electron chi connectivity index (χ4n) is 2.27. The molecule has 0 amide bonds. The van der Waals surface area contributed by atoms with Crippen LogP contribution in [-0.4, -0.2) is 41.9 Å². The molecule has 108 valence electrons. The fourth-order valence-corrected chi connectivity index (χ4v) is 3.36. The van der Waals surface area contributed by atoms with Gasteiger partial charge >= 0.3 is 0 Å². The number of hydrogen-bond donors (Lipinski definition) is 1. The topological polar surface area (TPSA) is 32.7 Å². The molecule has 0 spiro atoms. The summed E-state index contributed by atoms with van der Waals surface area (Å²) in [5.74, 6) is 0. The number of thiophene rings is 1. The number of nitrogens with zero attached hydrogens (tertiary/aromatic N) is 1. The zero-order valence-corrected chi connectivity index (χ0v) is 13.2. The molecule has 2 unspecified atom stereocenters. The molecule has 2 heterocycles. The first-order chi connectivity index (χ1) is 8.90. The molecule has 4 heteroatoms. The van der Waals surface area contributed by atoms with Crippen LogP contribution in [0.2, 0.25) is 0 Å². The molecule has 3 nitrogen and oxygen atoms in total. The molecule has 2 rings (SSSR count). The van der Waals surface area contributed by atoms with E-state index in [2.05, 4.69) is 44.7 Å². The van der Waals surface area contributed by atoms with E-state index in [4.69, 9.17) is 4.74 Å². The van der Waals surface area contributed by atoms with Crippen LogP contribution >= 0.6 is 11.3 Å². The molecule has 1 aliphatic rings. The average Bonchev–Trinajstić information content (AvgIpc) is 2.80. The number of hydrogen-bond acceptors (Lipinski definition) is 4. The first-order valence-electron chi connectivity index (χ1n) is 6.96. The summed E-state index contributed by atoms with van der Waals surface area (Å²) in [6, 6.07) is 4.90. The standard InChI is InChI=1S/C15H25NO2S/c1-11-10-18-12(9-17)7-16(11)8-13-5-6-14(19-13)15(2,3)4/h5-6,11-12,17H,7-10H2,1-4H3. The van der Waals surface area contributed by atoms with Gasteiger partial charge in [0.25, 0.3) is 0 Å². The van der Waals surface area contributed by atoms with Gasteiger partial charge in [0, 0.05) is 28.9 Å². The molecule has 1 saturated heterocycles. The van der Waals surface area contributed by atoms with E-state index in [0.717, 1.165) is 13.1 Å². The summed E-state index contributed by atoms with van der Waals surface area (Å²) in [7, 11) is 0. The Bertz CT molecular complexity index is 411. The minimum atomic E-state index is -0.0294. The summed E-state index contributed by atoms with van der Waals surface area (Å²) >= 11 is 1.90. The van der Waals surface area contributed by atoms with Crippen LogP contribution in [0.1, 0.15) is 37.4 Å². The Morgan fingerprint density at radius 3 is 2.74 bits per heavy atom. The van der Waals surface area contributed by atoms with Gasteiger partial charge in [-0.1, -0.05) is 20.8 Å². The van der Waals surface area contributed by atoms with Gasteiger partial charge in [0.2, 0.25) is 0 Å². The maximum Gasteiger partial charge on any atom is 0.0933 e. The van der Waals surface area contributed by atoms with Crippen LogP contribution in [-0.2, 0) is 16.7 Å². The lowest BCUT2D eigenvalue weighted by atomic mass is 9.95. The second kappa shape index (κ2) is 5.92. The summed E-state index contributed by atoms with van der Waals surface area (Å²) in [6.45, 7) is 11.5. The molecule has 1 aliphatic heterocycles. The molecule has 1 N–H and O–H groups in total. The first kappa shape index (κ1) is 15.0. The van der Waals surface area contributed by atoms with Crippen LogP contribution in [0.4, 0.5) is 0 Å². The Morgan fingerprint density at radius 1 is 1.42 bits per heavy atom. The van der Waals surface area contributed by atoms with Crippen molar-refractivity contribution in [1.29, 1.82) is 0 Å². The maximum absolute atomic E-state index is 9.22. The Morgan fingerprint density at radius 2 is 2.16 bits per heavy atom. The van der Waals surface area contributed by atoms with Gasteiger partial charge in [-0.05, 0) is 24.5 Å². The Hall–Kier alpha value is -0.420. The second-order valence-corrected chi connectivity index (χ2v) is 7.60. The molecule has 0 bridgehead atoms. The number of aliphatic hydroxyl groups excluding tert-OH is 1. The summed E-state index contributed by atoms with van der Waals surface area (Å²) in [4.78, 5) is 5.24. The minimum absolute atomic E-state index is 0.0294. The third-order valence-corrected chi connectivity index (χ3v) is 5.09.